The Kier molecular flexibility index (Phi) is 2.61. The third-order valence-electron chi connectivity index (χ3n) is 2.11. The molecule has 1 aromatic heterocycles. The number of aromatic carboxylic acids is 2. The van der Waals surface area contributed by atoms with Gasteiger partial charge in [-0.1, -0.05) is 0 Å². The van der Waals surface area contributed by atoms with Gasteiger partial charge in [-0.25, -0.2) is 9.59 Å². The molecule has 1 rings (SSSR count). The molecule has 6 heteroatoms. The summed E-state index contributed by atoms with van der Waals surface area (Å²) < 4.78 is 0. The van der Waals surface area contributed by atoms with Crippen molar-refractivity contribution in [3.05, 3.63) is 32.7 Å². The minimum Gasteiger partial charge on any atom is -0.477 e. The Morgan fingerprint density at radius 2 is 1.33 bits per heavy atom. The van der Waals surface area contributed by atoms with Crippen LogP contribution in [0.3, 0.4) is 0 Å². The van der Waals surface area contributed by atoms with Crippen molar-refractivity contribution in [2.24, 2.45) is 0 Å². The Bertz CT molecular complexity index is 459. The van der Waals surface area contributed by atoms with E-state index in [0.717, 1.165) is 0 Å². The third kappa shape index (κ3) is 1.74. The van der Waals surface area contributed by atoms with E-state index >= 15 is 0 Å². The van der Waals surface area contributed by atoms with Crippen LogP contribution in [0.15, 0.2) is 4.79 Å². The molecule has 1 heterocycles. The molecule has 0 fully saturated rings. The molecule has 0 radical (unpaired) electrons. The number of H-pyrrole nitrogens is 1. The van der Waals surface area contributed by atoms with Gasteiger partial charge in [0.15, 0.2) is 5.43 Å². The van der Waals surface area contributed by atoms with E-state index in [1.54, 1.807) is 0 Å². The maximum absolute atomic E-state index is 11.5. The number of hydrogen-bond donors (Lipinski definition) is 3. The number of nitrogens with one attached hydrogen (secondary N) is 1. The molecule has 0 atom stereocenters. The summed E-state index contributed by atoms with van der Waals surface area (Å²) in [5, 5.41) is 17.4. The first-order valence-electron chi connectivity index (χ1n) is 4.06. The van der Waals surface area contributed by atoms with Crippen molar-refractivity contribution >= 4 is 11.9 Å². The van der Waals surface area contributed by atoms with E-state index in [1.165, 1.54) is 13.8 Å². The first-order valence-corrected chi connectivity index (χ1v) is 4.06. The Hall–Kier alpha value is -2.11. The molecule has 0 bridgehead atoms. The maximum atomic E-state index is 11.5. The number of carboxylic acids is 2. The minimum absolute atomic E-state index is 0.00463. The largest absolute Gasteiger partial charge is 0.477 e. The fourth-order valence-corrected chi connectivity index (χ4v) is 1.25. The van der Waals surface area contributed by atoms with Crippen LogP contribution in [0.5, 0.6) is 0 Å². The van der Waals surface area contributed by atoms with Crippen molar-refractivity contribution in [3.63, 3.8) is 0 Å². The molecule has 15 heavy (non-hydrogen) atoms. The van der Waals surface area contributed by atoms with Gasteiger partial charge in [-0.3, -0.25) is 4.79 Å². The monoisotopic (exact) mass is 211 g/mol. The summed E-state index contributed by atoms with van der Waals surface area (Å²) in [6.07, 6.45) is 0. The fraction of sp³-hybridized carbons (Fsp3) is 0.222. The van der Waals surface area contributed by atoms with Crippen LogP contribution in [0.1, 0.15) is 32.1 Å². The lowest BCUT2D eigenvalue weighted by Gasteiger charge is -2.05. The summed E-state index contributed by atoms with van der Waals surface area (Å²) >= 11 is 0. The van der Waals surface area contributed by atoms with Crippen LogP contribution in [0.4, 0.5) is 0 Å². The Morgan fingerprint density at radius 3 is 1.60 bits per heavy atom. The Morgan fingerprint density at radius 1 is 1.00 bits per heavy atom. The number of pyridine rings is 1. The van der Waals surface area contributed by atoms with Crippen LogP contribution in [0, 0.1) is 13.8 Å². The predicted octanol–water partition coefficient (Wildman–Crippen LogP) is 0.388. The summed E-state index contributed by atoms with van der Waals surface area (Å²) in [6.45, 7) is 2.67. The smallest absolute Gasteiger partial charge is 0.352 e. The average Bonchev–Trinajstić information content (AvgIpc) is 2.13. The number of aromatic amines is 1. The molecule has 6 nitrogen and oxygen atoms in total. The molecule has 0 aliphatic heterocycles. The molecular formula is C9H9NO5. The van der Waals surface area contributed by atoms with Crippen LogP contribution in [-0.4, -0.2) is 27.1 Å². The lowest BCUT2D eigenvalue weighted by atomic mass is 10.1. The highest BCUT2D eigenvalue weighted by Crippen LogP contribution is 2.06. The SMILES string of the molecule is Cc1c(C(=O)O)[nH]c(C(=O)O)c(C)c1=O. The quantitative estimate of drug-likeness (QED) is 0.655. The number of aromatic nitrogens is 1. The maximum Gasteiger partial charge on any atom is 0.352 e. The molecule has 1 aromatic rings. The summed E-state index contributed by atoms with van der Waals surface area (Å²) in [5.74, 6) is -2.71. The van der Waals surface area contributed by atoms with Crippen LogP contribution in [0.2, 0.25) is 0 Å². The third-order valence-corrected chi connectivity index (χ3v) is 2.11. The zero-order valence-corrected chi connectivity index (χ0v) is 8.12. The molecular weight excluding hydrogens is 202 g/mol. The van der Waals surface area contributed by atoms with Gasteiger partial charge < -0.3 is 15.2 Å². The van der Waals surface area contributed by atoms with Gasteiger partial charge in [-0.2, -0.15) is 0 Å². The van der Waals surface area contributed by atoms with Gasteiger partial charge in [0, 0.05) is 11.1 Å². The number of rotatable bonds is 2. The van der Waals surface area contributed by atoms with Crippen molar-refractivity contribution in [1.29, 1.82) is 0 Å². The highest BCUT2D eigenvalue weighted by atomic mass is 16.4. The van der Waals surface area contributed by atoms with E-state index in [4.69, 9.17) is 10.2 Å². The second-order valence-corrected chi connectivity index (χ2v) is 3.06. The molecule has 0 saturated carbocycles. The van der Waals surface area contributed by atoms with Crippen molar-refractivity contribution in [3.8, 4) is 0 Å². The van der Waals surface area contributed by atoms with E-state index in [1.807, 2.05) is 0 Å². The second kappa shape index (κ2) is 3.56. The van der Waals surface area contributed by atoms with E-state index in [2.05, 4.69) is 4.98 Å². The summed E-state index contributed by atoms with van der Waals surface area (Å²) in [5.41, 5.74) is -1.33. The van der Waals surface area contributed by atoms with Crippen molar-refractivity contribution in [1.82, 2.24) is 4.98 Å². The van der Waals surface area contributed by atoms with E-state index in [0.29, 0.717) is 0 Å². The van der Waals surface area contributed by atoms with Crippen LogP contribution >= 0.6 is 0 Å². The molecule has 0 spiro atoms. The van der Waals surface area contributed by atoms with Gasteiger partial charge in [-0.15, -0.1) is 0 Å². The highest BCUT2D eigenvalue weighted by Gasteiger charge is 2.18. The number of hydrogen-bond acceptors (Lipinski definition) is 3. The normalized spacial score (nSPS) is 10.0. The van der Waals surface area contributed by atoms with E-state index in [9.17, 15) is 14.4 Å². The van der Waals surface area contributed by atoms with Gasteiger partial charge in [0.1, 0.15) is 11.4 Å². The van der Waals surface area contributed by atoms with Gasteiger partial charge in [-0.05, 0) is 13.8 Å². The lowest BCUT2D eigenvalue weighted by Crippen LogP contribution is -2.22. The predicted molar refractivity (Wildman–Crippen MR) is 50.5 cm³/mol. The first kappa shape index (κ1) is 11.0. The van der Waals surface area contributed by atoms with Crippen molar-refractivity contribution in [2.45, 2.75) is 13.8 Å². The molecule has 3 N–H and O–H groups in total. The molecule has 80 valence electrons. The van der Waals surface area contributed by atoms with E-state index < -0.39 is 17.4 Å². The van der Waals surface area contributed by atoms with Gasteiger partial charge in [0.25, 0.3) is 0 Å². The average molecular weight is 211 g/mol. The zero-order valence-electron chi connectivity index (χ0n) is 8.12. The standard InChI is InChI=1S/C9H9NO5/c1-3-5(8(12)13)10-6(9(14)15)4(2)7(3)11/h1-2H3,(H,10,11)(H,12,13)(H,14,15). The second-order valence-electron chi connectivity index (χ2n) is 3.06. The fourth-order valence-electron chi connectivity index (χ4n) is 1.25. The van der Waals surface area contributed by atoms with E-state index in [-0.39, 0.29) is 22.5 Å². The molecule has 0 aliphatic carbocycles. The lowest BCUT2D eigenvalue weighted by molar-refractivity contribution is 0.0683. The summed E-state index contributed by atoms with van der Waals surface area (Å²) in [7, 11) is 0. The first-order chi connectivity index (χ1) is 6.86. The van der Waals surface area contributed by atoms with Crippen LogP contribution in [-0.2, 0) is 0 Å². The molecule has 0 aromatic carbocycles. The summed E-state index contributed by atoms with van der Waals surface area (Å²) in [4.78, 5) is 35.1. The van der Waals surface area contributed by atoms with Crippen molar-refractivity contribution < 1.29 is 19.8 Å². The van der Waals surface area contributed by atoms with Crippen LogP contribution < -0.4 is 5.43 Å². The minimum atomic E-state index is -1.35. The topological polar surface area (TPSA) is 107 Å². The highest BCUT2D eigenvalue weighted by molar-refractivity contribution is 5.91. The van der Waals surface area contributed by atoms with Crippen molar-refractivity contribution in [2.75, 3.05) is 0 Å². The van der Waals surface area contributed by atoms with Gasteiger partial charge in [0.05, 0.1) is 0 Å². The molecule has 0 amide bonds. The van der Waals surface area contributed by atoms with Crippen LogP contribution in [0.25, 0.3) is 0 Å². The van der Waals surface area contributed by atoms with Gasteiger partial charge in [0.2, 0.25) is 0 Å². The van der Waals surface area contributed by atoms with Gasteiger partial charge >= 0.3 is 11.9 Å². The Balaban J connectivity index is 3.67. The molecule has 0 saturated heterocycles. The number of carboxylic acid groups (broad SMARTS) is 2. The molecule has 0 unspecified atom stereocenters. The number of carbonyl (C=O) groups is 2. The summed E-state index contributed by atoms with van der Waals surface area (Å²) in [6, 6.07) is 0. The Labute approximate surface area is 84.2 Å². The zero-order chi connectivity index (χ0) is 11.7. The molecule has 0 aliphatic rings.